The number of hydrogen-bond donors (Lipinski definition) is 1. The topological polar surface area (TPSA) is 114 Å². The molecule has 1 N–H and O–H groups in total. The molecule has 4 rings (SSSR count). The molecule has 6 heteroatoms. The predicted octanol–water partition coefficient (Wildman–Crippen LogP) is 5.35. The van der Waals surface area contributed by atoms with Crippen LogP contribution in [0.1, 0.15) is 76.0 Å². The normalized spacial score (nSPS) is 35.4. The Balaban J connectivity index is 1.88. The number of hydrogen-bond acceptors (Lipinski definition) is 6. The van der Waals surface area contributed by atoms with Crippen LogP contribution in [-0.2, 0) is 9.47 Å². The lowest BCUT2D eigenvalue weighted by atomic mass is 9.50. The summed E-state index contributed by atoms with van der Waals surface area (Å²) in [5.74, 6) is -1.22. The van der Waals surface area contributed by atoms with E-state index in [2.05, 4.69) is 39.0 Å². The monoisotopic (exact) mass is 416 g/mol. The third kappa shape index (κ3) is 2.67. The number of nitrogens with one attached hydrogen (secondary N) is 1. The average Bonchev–Trinajstić information content (AvgIpc) is 2.98. The molecule has 1 saturated carbocycles. The first-order valence-corrected chi connectivity index (χ1v) is 11.1. The first kappa shape index (κ1) is 21.4. The van der Waals surface area contributed by atoms with Gasteiger partial charge in [0.1, 0.15) is 6.10 Å². The van der Waals surface area contributed by atoms with E-state index >= 15 is 0 Å². The molecule has 1 aliphatic carbocycles. The van der Waals surface area contributed by atoms with E-state index < -0.39 is 28.6 Å². The van der Waals surface area contributed by atoms with Crippen molar-refractivity contribution in [1.82, 2.24) is 0 Å². The van der Waals surface area contributed by atoms with Gasteiger partial charge in [-0.2, -0.15) is 15.8 Å². The molecule has 3 fully saturated rings. The van der Waals surface area contributed by atoms with Crippen molar-refractivity contribution in [3.8, 4) is 18.2 Å². The molecule has 5 unspecified atom stereocenters. The summed E-state index contributed by atoms with van der Waals surface area (Å²) < 4.78 is 12.5. The molecule has 3 aliphatic rings. The summed E-state index contributed by atoms with van der Waals surface area (Å²) in [6, 6.07) is 14.2. The zero-order chi connectivity index (χ0) is 22.4. The van der Waals surface area contributed by atoms with Gasteiger partial charge in [-0.05, 0) is 35.8 Å². The van der Waals surface area contributed by atoms with E-state index in [1.165, 1.54) is 0 Å². The fourth-order valence-electron chi connectivity index (χ4n) is 5.94. The van der Waals surface area contributed by atoms with Gasteiger partial charge in [-0.1, -0.05) is 57.9 Å². The van der Waals surface area contributed by atoms with Gasteiger partial charge in [0.25, 0.3) is 0 Å². The van der Waals surface area contributed by atoms with Gasteiger partial charge in [-0.15, -0.1) is 0 Å². The predicted molar refractivity (Wildman–Crippen MR) is 113 cm³/mol. The third-order valence-corrected chi connectivity index (χ3v) is 7.62. The van der Waals surface area contributed by atoms with E-state index in [0.717, 1.165) is 24.8 Å². The lowest BCUT2D eigenvalue weighted by Crippen LogP contribution is -2.61. The minimum atomic E-state index is -1.86. The molecule has 2 saturated heterocycles. The van der Waals surface area contributed by atoms with Crippen molar-refractivity contribution < 1.29 is 9.47 Å². The van der Waals surface area contributed by atoms with Gasteiger partial charge in [-0.3, -0.25) is 5.41 Å². The molecule has 0 aromatic heterocycles. The van der Waals surface area contributed by atoms with Crippen LogP contribution in [0.5, 0.6) is 0 Å². The Kier molecular flexibility index (Phi) is 5.07. The molecule has 0 amide bonds. The van der Waals surface area contributed by atoms with Gasteiger partial charge in [0.2, 0.25) is 17.1 Å². The number of benzene rings is 1. The Morgan fingerprint density at radius 2 is 1.81 bits per heavy atom. The van der Waals surface area contributed by atoms with Crippen LogP contribution in [0.15, 0.2) is 24.3 Å². The van der Waals surface area contributed by atoms with Crippen molar-refractivity contribution in [2.75, 3.05) is 0 Å². The minimum Gasteiger partial charge on any atom is -0.447 e. The Hall–Kier alpha value is -2.88. The Bertz CT molecular complexity index is 998. The van der Waals surface area contributed by atoms with Crippen molar-refractivity contribution in [1.29, 1.82) is 21.2 Å². The lowest BCUT2D eigenvalue weighted by Gasteiger charge is -2.52. The van der Waals surface area contributed by atoms with Crippen molar-refractivity contribution in [2.24, 2.45) is 22.7 Å². The summed E-state index contributed by atoms with van der Waals surface area (Å²) in [6.45, 7) is 6.32. The number of nitriles is 3. The highest BCUT2D eigenvalue weighted by Crippen LogP contribution is 2.70. The molecule has 0 radical (unpaired) electrons. The van der Waals surface area contributed by atoms with E-state index in [1.807, 2.05) is 24.3 Å². The van der Waals surface area contributed by atoms with Crippen molar-refractivity contribution in [3.63, 3.8) is 0 Å². The van der Waals surface area contributed by atoms with Crippen LogP contribution in [0.3, 0.4) is 0 Å². The van der Waals surface area contributed by atoms with Crippen LogP contribution in [0.2, 0.25) is 0 Å². The second-order valence-corrected chi connectivity index (χ2v) is 9.50. The second kappa shape index (κ2) is 7.37. The second-order valence-electron chi connectivity index (χ2n) is 9.50. The Labute approximate surface area is 183 Å². The van der Waals surface area contributed by atoms with Crippen molar-refractivity contribution >= 4 is 5.90 Å². The summed E-state index contributed by atoms with van der Waals surface area (Å²) in [5.41, 5.74) is -1.71. The molecular weight excluding hydrogens is 388 g/mol. The molecule has 2 aliphatic heterocycles. The van der Waals surface area contributed by atoms with Crippen LogP contribution >= 0.6 is 0 Å². The van der Waals surface area contributed by atoms with Gasteiger partial charge in [0.05, 0.1) is 24.1 Å². The summed E-state index contributed by atoms with van der Waals surface area (Å²) in [6.07, 6.45) is 3.12. The molecule has 1 aromatic carbocycles. The SMILES string of the molecule is CCCC1CCC23OC(=N)C(C#N)(C2C1)C(C#N)(C#N)C(c1ccc(C(C)C)cc1)O3. The van der Waals surface area contributed by atoms with Crippen LogP contribution in [0.4, 0.5) is 0 Å². The average molecular weight is 417 g/mol. The van der Waals surface area contributed by atoms with Crippen molar-refractivity contribution in [2.45, 2.75) is 70.7 Å². The molecule has 2 bridgehead atoms. The standard InChI is InChI=1S/C25H28N4O2/c1-4-5-17-10-11-25-20(12-17)24(15-28,22(29)31-25)23(13-26,14-27)21(30-25)19-8-6-18(7-9-19)16(2)3/h6-9,16-17,20-21,29H,4-5,10-12H2,1-3H3. The highest BCUT2D eigenvalue weighted by molar-refractivity contribution is 5.89. The Morgan fingerprint density at radius 3 is 2.35 bits per heavy atom. The smallest absolute Gasteiger partial charge is 0.217 e. The van der Waals surface area contributed by atoms with Gasteiger partial charge in [-0.25, -0.2) is 0 Å². The number of ether oxygens (including phenoxy) is 2. The third-order valence-electron chi connectivity index (χ3n) is 7.62. The molecule has 5 atom stereocenters. The summed E-state index contributed by atoms with van der Waals surface area (Å²) in [4.78, 5) is 0. The minimum absolute atomic E-state index is 0.290. The van der Waals surface area contributed by atoms with Gasteiger partial charge >= 0.3 is 0 Å². The first-order chi connectivity index (χ1) is 14.8. The van der Waals surface area contributed by atoms with Crippen LogP contribution in [0, 0.1) is 62.1 Å². The highest BCUT2D eigenvalue weighted by atomic mass is 16.7. The maximum Gasteiger partial charge on any atom is 0.217 e. The van der Waals surface area contributed by atoms with Gasteiger partial charge < -0.3 is 9.47 Å². The summed E-state index contributed by atoms with van der Waals surface area (Å²) >= 11 is 0. The molecule has 2 heterocycles. The quantitative estimate of drug-likeness (QED) is 0.711. The van der Waals surface area contributed by atoms with E-state index in [1.54, 1.807) is 0 Å². The first-order valence-electron chi connectivity index (χ1n) is 11.1. The van der Waals surface area contributed by atoms with E-state index in [9.17, 15) is 15.8 Å². The largest absolute Gasteiger partial charge is 0.447 e. The fourth-order valence-corrected chi connectivity index (χ4v) is 5.94. The number of nitrogens with zero attached hydrogens (tertiary/aromatic N) is 3. The fraction of sp³-hybridized carbons (Fsp3) is 0.600. The molecule has 31 heavy (non-hydrogen) atoms. The molecule has 160 valence electrons. The van der Waals surface area contributed by atoms with Crippen LogP contribution in [-0.4, -0.2) is 11.7 Å². The molecule has 0 spiro atoms. The van der Waals surface area contributed by atoms with E-state index in [0.29, 0.717) is 30.2 Å². The van der Waals surface area contributed by atoms with Gasteiger partial charge in [0, 0.05) is 6.42 Å². The van der Waals surface area contributed by atoms with Crippen LogP contribution < -0.4 is 0 Å². The maximum atomic E-state index is 10.4. The summed E-state index contributed by atoms with van der Waals surface area (Å²) in [7, 11) is 0. The maximum absolute atomic E-state index is 10.4. The lowest BCUT2D eigenvalue weighted by molar-refractivity contribution is -0.299. The van der Waals surface area contributed by atoms with Gasteiger partial charge in [0.15, 0.2) is 5.41 Å². The zero-order valence-electron chi connectivity index (χ0n) is 18.3. The molecule has 6 nitrogen and oxygen atoms in total. The zero-order valence-corrected chi connectivity index (χ0v) is 18.3. The highest BCUT2D eigenvalue weighted by Gasteiger charge is 2.80. The van der Waals surface area contributed by atoms with E-state index in [4.69, 9.17) is 14.9 Å². The number of rotatable bonds is 4. The van der Waals surface area contributed by atoms with E-state index in [-0.39, 0.29) is 5.90 Å². The molecular formula is C25H28N4O2. The Morgan fingerprint density at radius 1 is 1.13 bits per heavy atom. The van der Waals surface area contributed by atoms with Crippen LogP contribution in [0.25, 0.3) is 0 Å². The molecule has 1 aromatic rings. The summed E-state index contributed by atoms with van der Waals surface area (Å²) in [5, 5.41) is 39.8. The van der Waals surface area contributed by atoms with Crippen molar-refractivity contribution in [3.05, 3.63) is 35.4 Å².